The van der Waals surface area contributed by atoms with Crippen molar-refractivity contribution in [1.82, 2.24) is 9.88 Å². The molecule has 0 spiro atoms. The second kappa shape index (κ2) is 9.55. The standard InChI is InChI=1S/C19H23Cl2N3O3/c1-2-27-19(25)14-12-23-18-13(4-5-15(20)16(18)21)17(14)22-6-3-7-24-8-10-26-11-9-24/h4-5,12H,2-3,6-11H2,1H3,(H,22,23). The number of nitrogens with zero attached hydrogens (tertiary/aromatic N) is 2. The molecule has 0 bridgehead atoms. The third-order valence-corrected chi connectivity index (χ3v) is 5.28. The maximum atomic E-state index is 12.4. The van der Waals surface area contributed by atoms with E-state index in [4.69, 9.17) is 32.7 Å². The molecule has 2 aromatic rings. The van der Waals surface area contributed by atoms with Crippen LogP contribution in [0.1, 0.15) is 23.7 Å². The summed E-state index contributed by atoms with van der Waals surface area (Å²) in [5.41, 5.74) is 1.64. The number of fused-ring (bicyclic) bond motifs is 1. The van der Waals surface area contributed by atoms with Crippen molar-refractivity contribution in [2.45, 2.75) is 13.3 Å². The third-order valence-electron chi connectivity index (χ3n) is 4.48. The Kier molecular flexibility index (Phi) is 7.13. The van der Waals surface area contributed by atoms with Crippen LogP contribution in [-0.2, 0) is 9.47 Å². The van der Waals surface area contributed by atoms with Crippen molar-refractivity contribution in [3.63, 3.8) is 0 Å². The zero-order chi connectivity index (χ0) is 19.2. The lowest BCUT2D eigenvalue weighted by molar-refractivity contribution is 0.0378. The molecule has 8 heteroatoms. The number of rotatable bonds is 7. The molecule has 0 unspecified atom stereocenters. The minimum Gasteiger partial charge on any atom is -0.462 e. The summed E-state index contributed by atoms with van der Waals surface area (Å²) < 4.78 is 10.5. The van der Waals surface area contributed by atoms with Crippen molar-refractivity contribution < 1.29 is 14.3 Å². The van der Waals surface area contributed by atoms with Gasteiger partial charge >= 0.3 is 5.97 Å². The maximum Gasteiger partial charge on any atom is 0.341 e. The quantitative estimate of drug-likeness (QED) is 0.551. The van der Waals surface area contributed by atoms with E-state index >= 15 is 0 Å². The molecule has 1 aliphatic rings. The van der Waals surface area contributed by atoms with Crippen LogP contribution in [0, 0.1) is 0 Å². The summed E-state index contributed by atoms with van der Waals surface area (Å²) in [6.07, 6.45) is 2.43. The van der Waals surface area contributed by atoms with Gasteiger partial charge in [0.2, 0.25) is 0 Å². The largest absolute Gasteiger partial charge is 0.462 e. The van der Waals surface area contributed by atoms with Gasteiger partial charge in [-0.2, -0.15) is 0 Å². The first-order valence-electron chi connectivity index (χ1n) is 9.09. The summed E-state index contributed by atoms with van der Waals surface area (Å²) >= 11 is 12.4. The van der Waals surface area contributed by atoms with Crippen molar-refractivity contribution in [3.8, 4) is 0 Å². The zero-order valence-electron chi connectivity index (χ0n) is 15.3. The molecule has 1 fully saturated rings. The van der Waals surface area contributed by atoms with Gasteiger partial charge in [0.15, 0.2) is 0 Å². The second-order valence-electron chi connectivity index (χ2n) is 6.26. The van der Waals surface area contributed by atoms with Gasteiger partial charge in [-0.05, 0) is 32.0 Å². The van der Waals surface area contributed by atoms with E-state index < -0.39 is 5.97 Å². The van der Waals surface area contributed by atoms with Crippen molar-refractivity contribution in [3.05, 3.63) is 33.9 Å². The first-order chi connectivity index (χ1) is 13.1. The highest BCUT2D eigenvalue weighted by molar-refractivity contribution is 6.45. The van der Waals surface area contributed by atoms with Crippen molar-refractivity contribution in [2.75, 3.05) is 51.3 Å². The molecule has 1 aromatic carbocycles. The summed E-state index contributed by atoms with van der Waals surface area (Å²) in [6.45, 7) is 7.25. The van der Waals surface area contributed by atoms with E-state index in [9.17, 15) is 4.79 Å². The molecule has 27 heavy (non-hydrogen) atoms. The van der Waals surface area contributed by atoms with Gasteiger partial charge < -0.3 is 14.8 Å². The Balaban J connectivity index is 1.80. The lowest BCUT2D eigenvalue weighted by atomic mass is 10.1. The Hall–Kier alpha value is -1.60. The van der Waals surface area contributed by atoms with Crippen LogP contribution in [-0.4, -0.2) is 61.9 Å². The van der Waals surface area contributed by atoms with Gasteiger partial charge in [0.25, 0.3) is 0 Å². The molecule has 0 aliphatic carbocycles. The fourth-order valence-electron chi connectivity index (χ4n) is 3.10. The number of benzene rings is 1. The van der Waals surface area contributed by atoms with Crippen LogP contribution in [0.3, 0.4) is 0 Å². The summed E-state index contributed by atoms with van der Waals surface area (Å²) in [5.74, 6) is -0.409. The normalized spacial score (nSPS) is 15.1. The smallest absolute Gasteiger partial charge is 0.341 e. The predicted octanol–water partition coefficient (Wildman–Crippen LogP) is 3.85. The van der Waals surface area contributed by atoms with Crippen LogP contribution in [0.25, 0.3) is 10.9 Å². The van der Waals surface area contributed by atoms with E-state index in [0.717, 1.165) is 44.7 Å². The van der Waals surface area contributed by atoms with E-state index in [0.29, 0.717) is 40.0 Å². The lowest BCUT2D eigenvalue weighted by Gasteiger charge is -2.26. The number of morpholine rings is 1. The molecule has 6 nitrogen and oxygen atoms in total. The molecule has 1 aromatic heterocycles. The number of pyridine rings is 1. The fourth-order valence-corrected chi connectivity index (χ4v) is 3.47. The van der Waals surface area contributed by atoms with Crippen LogP contribution in [0.5, 0.6) is 0 Å². The second-order valence-corrected chi connectivity index (χ2v) is 7.04. The first kappa shape index (κ1) is 20.1. The Morgan fingerprint density at radius 2 is 2.11 bits per heavy atom. The van der Waals surface area contributed by atoms with Gasteiger partial charge in [0.05, 0.1) is 41.1 Å². The van der Waals surface area contributed by atoms with Gasteiger partial charge in [-0.15, -0.1) is 0 Å². The molecule has 0 saturated carbocycles. The molecule has 0 atom stereocenters. The summed E-state index contributed by atoms with van der Waals surface area (Å²) in [5, 5.41) is 4.94. The number of carbonyl (C=O) groups is 1. The van der Waals surface area contributed by atoms with Gasteiger partial charge in [-0.25, -0.2) is 4.79 Å². The monoisotopic (exact) mass is 411 g/mol. The SMILES string of the molecule is CCOC(=O)c1cnc2c(Cl)c(Cl)ccc2c1NCCCN1CCOCC1. The van der Waals surface area contributed by atoms with E-state index in [1.54, 1.807) is 13.0 Å². The van der Waals surface area contributed by atoms with Crippen LogP contribution in [0.15, 0.2) is 18.3 Å². The number of hydrogen-bond acceptors (Lipinski definition) is 6. The third kappa shape index (κ3) is 4.82. The molecule has 1 aliphatic heterocycles. The van der Waals surface area contributed by atoms with Crippen molar-refractivity contribution in [2.24, 2.45) is 0 Å². The number of carbonyl (C=O) groups excluding carboxylic acids is 1. The molecule has 146 valence electrons. The highest BCUT2D eigenvalue weighted by Crippen LogP contribution is 2.34. The Bertz CT molecular complexity index is 810. The molecule has 1 saturated heterocycles. The predicted molar refractivity (Wildman–Crippen MR) is 108 cm³/mol. The molecular formula is C19H23Cl2N3O3. The molecule has 2 heterocycles. The number of aromatic nitrogens is 1. The van der Waals surface area contributed by atoms with Gasteiger partial charge in [-0.3, -0.25) is 9.88 Å². The van der Waals surface area contributed by atoms with E-state index in [-0.39, 0.29) is 0 Å². The summed E-state index contributed by atoms with van der Waals surface area (Å²) in [7, 11) is 0. The van der Waals surface area contributed by atoms with E-state index in [1.807, 2.05) is 6.07 Å². The lowest BCUT2D eigenvalue weighted by Crippen LogP contribution is -2.37. The number of esters is 1. The van der Waals surface area contributed by atoms with Crippen molar-refractivity contribution in [1.29, 1.82) is 0 Å². The Morgan fingerprint density at radius 1 is 1.33 bits per heavy atom. The van der Waals surface area contributed by atoms with E-state index in [2.05, 4.69) is 15.2 Å². The average Bonchev–Trinajstić information content (AvgIpc) is 2.69. The first-order valence-corrected chi connectivity index (χ1v) is 9.85. The van der Waals surface area contributed by atoms with E-state index in [1.165, 1.54) is 6.20 Å². The van der Waals surface area contributed by atoms with Crippen LogP contribution < -0.4 is 5.32 Å². The molecular weight excluding hydrogens is 389 g/mol. The number of nitrogens with one attached hydrogen (secondary N) is 1. The van der Waals surface area contributed by atoms with Crippen molar-refractivity contribution >= 4 is 45.8 Å². The number of ether oxygens (including phenoxy) is 2. The van der Waals surface area contributed by atoms with Gasteiger partial charge in [-0.1, -0.05) is 23.2 Å². The summed E-state index contributed by atoms with van der Waals surface area (Å²) in [6, 6.07) is 3.53. The average molecular weight is 412 g/mol. The fraction of sp³-hybridized carbons (Fsp3) is 0.474. The molecule has 3 rings (SSSR count). The number of hydrogen-bond donors (Lipinski definition) is 1. The minimum atomic E-state index is -0.409. The molecule has 0 amide bonds. The Morgan fingerprint density at radius 3 is 2.85 bits per heavy atom. The van der Waals surface area contributed by atoms with Crippen LogP contribution in [0.4, 0.5) is 5.69 Å². The Labute approximate surface area is 168 Å². The topological polar surface area (TPSA) is 63.7 Å². The van der Waals surface area contributed by atoms with Gasteiger partial charge in [0, 0.05) is 31.2 Å². The van der Waals surface area contributed by atoms with Crippen LogP contribution in [0.2, 0.25) is 10.0 Å². The highest BCUT2D eigenvalue weighted by Gasteiger charge is 2.19. The molecule has 0 radical (unpaired) electrons. The van der Waals surface area contributed by atoms with Crippen LogP contribution >= 0.6 is 23.2 Å². The summed E-state index contributed by atoms with van der Waals surface area (Å²) in [4.78, 5) is 19.1. The highest BCUT2D eigenvalue weighted by atomic mass is 35.5. The maximum absolute atomic E-state index is 12.4. The number of anilines is 1. The number of halogens is 2. The van der Waals surface area contributed by atoms with Gasteiger partial charge in [0.1, 0.15) is 5.56 Å². The minimum absolute atomic E-state index is 0.300. The molecule has 1 N–H and O–H groups in total. The zero-order valence-corrected chi connectivity index (χ0v) is 16.8.